The molecule has 21 heavy (non-hydrogen) atoms. The summed E-state index contributed by atoms with van der Waals surface area (Å²) in [4.78, 5) is 31.3. The minimum atomic E-state index is -0.628. The molecule has 108 valence electrons. The summed E-state index contributed by atoms with van der Waals surface area (Å²) in [6.07, 6.45) is 6.38. The van der Waals surface area contributed by atoms with Crippen LogP contribution in [0.2, 0.25) is 0 Å². The number of anilines is 1. The van der Waals surface area contributed by atoms with Crippen LogP contribution in [0.1, 0.15) is 15.9 Å². The highest BCUT2D eigenvalue weighted by molar-refractivity contribution is 6.42. The topological polar surface area (TPSA) is 84.0 Å². The highest BCUT2D eigenvalue weighted by Gasteiger charge is 2.15. The number of amides is 1. The number of nitrogens with zero attached hydrogens (tertiary/aromatic N) is 2. The molecule has 0 aliphatic carbocycles. The quantitative estimate of drug-likeness (QED) is 0.473. The molecular formula is C15H16N4O2. The summed E-state index contributed by atoms with van der Waals surface area (Å²) in [6.45, 7) is 2.82. The van der Waals surface area contributed by atoms with Gasteiger partial charge in [-0.05, 0) is 30.7 Å². The van der Waals surface area contributed by atoms with Gasteiger partial charge in [0.1, 0.15) is 0 Å². The van der Waals surface area contributed by atoms with E-state index in [1.165, 1.54) is 6.20 Å². The fraction of sp³-hybridized carbons (Fsp3) is 0.200. The Kier molecular flexibility index (Phi) is 4.98. The van der Waals surface area contributed by atoms with E-state index in [9.17, 15) is 9.59 Å². The van der Waals surface area contributed by atoms with Crippen LogP contribution in [0.4, 0.5) is 5.69 Å². The van der Waals surface area contributed by atoms with Crippen molar-refractivity contribution in [3.8, 4) is 0 Å². The maximum Gasteiger partial charge on any atom is 0.292 e. The Morgan fingerprint density at radius 1 is 1.10 bits per heavy atom. The lowest BCUT2D eigenvalue weighted by Gasteiger charge is -2.09. The number of hydrogen-bond donors (Lipinski definition) is 2. The van der Waals surface area contributed by atoms with Crippen molar-refractivity contribution in [2.45, 2.75) is 6.92 Å². The van der Waals surface area contributed by atoms with E-state index in [1.54, 1.807) is 30.7 Å². The lowest BCUT2D eigenvalue weighted by molar-refractivity contribution is -0.116. The molecule has 2 aromatic heterocycles. The lowest BCUT2D eigenvalue weighted by Crippen LogP contribution is -2.34. The number of ketones is 1. The number of hydrogen-bond acceptors (Lipinski definition) is 5. The first-order valence-electron chi connectivity index (χ1n) is 6.55. The van der Waals surface area contributed by atoms with Gasteiger partial charge in [0.15, 0.2) is 0 Å². The lowest BCUT2D eigenvalue weighted by atomic mass is 10.2. The zero-order valence-electron chi connectivity index (χ0n) is 11.7. The molecule has 6 nitrogen and oxygen atoms in total. The number of aromatic nitrogens is 2. The van der Waals surface area contributed by atoms with Gasteiger partial charge in [0.25, 0.3) is 11.7 Å². The fourth-order valence-corrected chi connectivity index (χ4v) is 1.75. The van der Waals surface area contributed by atoms with Crippen LogP contribution in [0, 0.1) is 6.92 Å². The molecule has 0 fully saturated rings. The second-order valence-electron chi connectivity index (χ2n) is 4.44. The number of carbonyl (C=O) groups excluding carboxylic acids is 2. The number of nitrogens with one attached hydrogen (secondary N) is 2. The van der Waals surface area contributed by atoms with E-state index >= 15 is 0 Å². The van der Waals surface area contributed by atoms with E-state index in [2.05, 4.69) is 20.6 Å². The molecule has 0 atom stereocenters. The second-order valence-corrected chi connectivity index (χ2v) is 4.44. The molecule has 0 bridgehead atoms. The van der Waals surface area contributed by atoms with Gasteiger partial charge in [0.05, 0.1) is 0 Å². The molecule has 6 heteroatoms. The molecule has 0 aliphatic rings. The Morgan fingerprint density at radius 2 is 1.90 bits per heavy atom. The van der Waals surface area contributed by atoms with Crippen LogP contribution < -0.4 is 10.6 Å². The molecule has 2 heterocycles. The number of rotatable bonds is 6. The van der Waals surface area contributed by atoms with Crippen LogP contribution in [0.25, 0.3) is 0 Å². The summed E-state index contributed by atoms with van der Waals surface area (Å²) < 4.78 is 0. The van der Waals surface area contributed by atoms with Crippen LogP contribution >= 0.6 is 0 Å². The van der Waals surface area contributed by atoms with E-state index < -0.39 is 11.7 Å². The monoisotopic (exact) mass is 284 g/mol. The minimum Gasteiger partial charge on any atom is -0.383 e. The highest BCUT2D eigenvalue weighted by atomic mass is 16.2. The maximum absolute atomic E-state index is 11.8. The summed E-state index contributed by atoms with van der Waals surface area (Å²) in [5.41, 5.74) is 2.26. The molecule has 0 aliphatic heterocycles. The van der Waals surface area contributed by atoms with Crippen LogP contribution in [0.3, 0.4) is 0 Å². The Morgan fingerprint density at radius 3 is 2.62 bits per heavy atom. The Labute approximate surface area is 122 Å². The maximum atomic E-state index is 11.8. The first kappa shape index (κ1) is 14.6. The highest BCUT2D eigenvalue weighted by Crippen LogP contribution is 2.10. The SMILES string of the molecule is Cc1cnccc1NCCNC(=O)C(=O)c1cccnc1. The normalized spacial score (nSPS) is 9.95. The van der Waals surface area contributed by atoms with Gasteiger partial charge in [-0.1, -0.05) is 0 Å². The Bertz CT molecular complexity index is 629. The van der Waals surface area contributed by atoms with Crippen molar-refractivity contribution >= 4 is 17.4 Å². The number of pyridine rings is 2. The minimum absolute atomic E-state index is 0.285. The third-order valence-electron chi connectivity index (χ3n) is 2.88. The van der Waals surface area contributed by atoms with Crippen molar-refractivity contribution in [1.29, 1.82) is 0 Å². The van der Waals surface area contributed by atoms with Crippen molar-refractivity contribution in [1.82, 2.24) is 15.3 Å². The molecule has 0 saturated carbocycles. The molecule has 0 spiro atoms. The Hall–Kier alpha value is -2.76. The van der Waals surface area contributed by atoms with Gasteiger partial charge in [-0.2, -0.15) is 0 Å². The van der Waals surface area contributed by atoms with Gasteiger partial charge in [0, 0.05) is 49.1 Å². The van der Waals surface area contributed by atoms with Gasteiger partial charge in [-0.25, -0.2) is 0 Å². The Balaban J connectivity index is 1.77. The largest absolute Gasteiger partial charge is 0.383 e. The van der Waals surface area contributed by atoms with Crippen LogP contribution in [-0.4, -0.2) is 34.7 Å². The second kappa shape index (κ2) is 7.14. The third-order valence-corrected chi connectivity index (χ3v) is 2.88. The molecule has 0 saturated heterocycles. The van der Waals surface area contributed by atoms with Crippen molar-refractivity contribution < 1.29 is 9.59 Å². The van der Waals surface area contributed by atoms with Crippen molar-refractivity contribution in [2.75, 3.05) is 18.4 Å². The first-order chi connectivity index (χ1) is 10.2. The van der Waals surface area contributed by atoms with E-state index in [0.29, 0.717) is 13.1 Å². The first-order valence-corrected chi connectivity index (χ1v) is 6.55. The van der Waals surface area contributed by atoms with E-state index in [1.807, 2.05) is 13.0 Å². The number of carbonyl (C=O) groups is 2. The summed E-state index contributed by atoms with van der Waals surface area (Å²) >= 11 is 0. The standard InChI is InChI=1S/C15H16N4O2/c1-11-9-17-6-4-13(11)18-7-8-19-15(21)14(20)12-3-2-5-16-10-12/h2-6,9-10H,7-8H2,1H3,(H,17,18)(H,19,21). The molecule has 2 N–H and O–H groups in total. The van der Waals surface area contributed by atoms with Crippen LogP contribution in [0.15, 0.2) is 43.0 Å². The molecule has 1 amide bonds. The van der Waals surface area contributed by atoms with Crippen molar-refractivity contribution in [3.63, 3.8) is 0 Å². The number of aryl methyl sites for hydroxylation is 1. The van der Waals surface area contributed by atoms with E-state index in [0.717, 1.165) is 11.3 Å². The summed E-state index contributed by atoms with van der Waals surface area (Å²) in [7, 11) is 0. The molecule has 2 aromatic rings. The zero-order chi connectivity index (χ0) is 15.1. The van der Waals surface area contributed by atoms with Crippen molar-refractivity contribution in [3.05, 3.63) is 54.1 Å². The summed E-state index contributed by atoms with van der Waals surface area (Å²) in [5.74, 6) is -1.21. The van der Waals surface area contributed by atoms with E-state index in [-0.39, 0.29) is 5.56 Å². The van der Waals surface area contributed by atoms with Gasteiger partial charge >= 0.3 is 0 Å². The molecular weight excluding hydrogens is 268 g/mol. The van der Waals surface area contributed by atoms with E-state index in [4.69, 9.17) is 0 Å². The zero-order valence-corrected chi connectivity index (χ0v) is 11.7. The van der Waals surface area contributed by atoms with Gasteiger partial charge in [0.2, 0.25) is 0 Å². The average Bonchev–Trinajstić information content (AvgIpc) is 2.53. The van der Waals surface area contributed by atoms with Gasteiger partial charge in [-0.15, -0.1) is 0 Å². The molecule has 2 rings (SSSR count). The third kappa shape index (κ3) is 4.10. The number of Topliss-reactive ketones (excluding diaryl/α,β-unsaturated/α-hetero) is 1. The van der Waals surface area contributed by atoms with Crippen molar-refractivity contribution in [2.24, 2.45) is 0 Å². The van der Waals surface area contributed by atoms with Crippen LogP contribution in [0.5, 0.6) is 0 Å². The molecule has 0 unspecified atom stereocenters. The van der Waals surface area contributed by atoms with Gasteiger partial charge < -0.3 is 10.6 Å². The average molecular weight is 284 g/mol. The van der Waals surface area contributed by atoms with Crippen LogP contribution in [-0.2, 0) is 4.79 Å². The predicted molar refractivity (Wildman–Crippen MR) is 79.0 cm³/mol. The fourth-order valence-electron chi connectivity index (χ4n) is 1.75. The predicted octanol–water partition coefficient (Wildman–Crippen LogP) is 1.20. The molecule has 0 radical (unpaired) electrons. The van der Waals surface area contributed by atoms with Gasteiger partial charge in [-0.3, -0.25) is 19.6 Å². The summed E-state index contributed by atoms with van der Waals surface area (Å²) in [6, 6.07) is 5.04. The smallest absolute Gasteiger partial charge is 0.292 e. The summed E-state index contributed by atoms with van der Waals surface area (Å²) in [5, 5.41) is 5.74. The molecule has 0 aromatic carbocycles.